The molecular weight excluding hydrogens is 446 g/mol. The zero-order valence-electron chi connectivity index (χ0n) is 19.2. The van der Waals surface area contributed by atoms with Gasteiger partial charge < -0.3 is 4.74 Å². The van der Waals surface area contributed by atoms with Crippen LogP contribution in [0.25, 0.3) is 11.3 Å². The van der Waals surface area contributed by atoms with Crippen molar-refractivity contribution in [1.29, 1.82) is 0 Å². The summed E-state index contributed by atoms with van der Waals surface area (Å²) in [5.74, 6) is 0.250. The number of rotatable bonds is 8. The Bertz CT molecular complexity index is 1380. The summed E-state index contributed by atoms with van der Waals surface area (Å²) in [4.78, 5) is 22.9. The highest BCUT2D eigenvalue weighted by molar-refractivity contribution is 6.01. The molecule has 35 heavy (non-hydrogen) atoms. The quantitative estimate of drug-likeness (QED) is 0.213. The van der Waals surface area contributed by atoms with Crippen molar-refractivity contribution in [3.63, 3.8) is 0 Å². The molecule has 0 aliphatic heterocycles. The van der Waals surface area contributed by atoms with Crippen LogP contribution < -0.4 is 10.2 Å². The van der Waals surface area contributed by atoms with E-state index in [2.05, 4.69) is 20.7 Å². The average Bonchev–Trinajstić information content (AvgIpc) is 3.37. The molecule has 0 atom stereocenters. The highest BCUT2D eigenvalue weighted by atomic mass is 16.6. The third-order valence-electron chi connectivity index (χ3n) is 5.30. The van der Waals surface area contributed by atoms with Crippen LogP contribution in [0.4, 0.5) is 5.69 Å². The Morgan fingerprint density at radius 2 is 1.83 bits per heavy atom. The molecule has 2 N–H and O–H groups in total. The normalized spacial score (nSPS) is 11.2. The second kappa shape index (κ2) is 10.4. The highest BCUT2D eigenvalue weighted by Gasteiger charge is 2.12. The maximum absolute atomic E-state index is 12.5. The Morgan fingerprint density at radius 3 is 2.54 bits per heavy atom. The van der Waals surface area contributed by atoms with Gasteiger partial charge in [0.1, 0.15) is 18.1 Å². The Kier molecular flexibility index (Phi) is 6.96. The second-order valence-corrected chi connectivity index (χ2v) is 7.91. The maximum Gasteiger partial charge on any atom is 0.289 e. The molecule has 0 aliphatic carbocycles. The minimum atomic E-state index is -0.482. The van der Waals surface area contributed by atoms with Crippen molar-refractivity contribution in [3.8, 4) is 17.0 Å². The number of carbonyl (C=O) groups excluding carboxylic acids is 1. The lowest BCUT2D eigenvalue weighted by atomic mass is 10.1. The first-order chi connectivity index (χ1) is 16.9. The molecule has 0 radical (unpaired) electrons. The molecule has 9 nitrogen and oxygen atoms in total. The molecule has 9 heteroatoms. The van der Waals surface area contributed by atoms with E-state index in [-0.39, 0.29) is 11.4 Å². The number of ether oxygens (including phenoxy) is 1. The summed E-state index contributed by atoms with van der Waals surface area (Å²) < 4.78 is 5.83. The van der Waals surface area contributed by atoms with E-state index >= 15 is 0 Å². The van der Waals surface area contributed by atoms with E-state index in [1.54, 1.807) is 25.1 Å². The van der Waals surface area contributed by atoms with E-state index < -0.39 is 10.8 Å². The number of aromatic nitrogens is 2. The van der Waals surface area contributed by atoms with E-state index in [4.69, 9.17) is 4.74 Å². The Hall–Kier alpha value is -4.79. The number of nitro benzene ring substituents is 1. The largest absolute Gasteiger partial charge is 0.489 e. The fourth-order valence-corrected chi connectivity index (χ4v) is 3.26. The minimum absolute atomic E-state index is 0.0480. The third-order valence-corrected chi connectivity index (χ3v) is 5.30. The predicted molar refractivity (Wildman–Crippen MR) is 132 cm³/mol. The molecule has 0 saturated heterocycles. The lowest BCUT2D eigenvalue weighted by Gasteiger charge is -2.07. The summed E-state index contributed by atoms with van der Waals surface area (Å²) in [6.45, 7) is 4.17. The van der Waals surface area contributed by atoms with Crippen molar-refractivity contribution in [2.24, 2.45) is 5.10 Å². The zero-order valence-corrected chi connectivity index (χ0v) is 19.2. The van der Waals surface area contributed by atoms with Crippen LogP contribution >= 0.6 is 0 Å². The third kappa shape index (κ3) is 5.97. The molecular formula is C26H23N5O4. The van der Waals surface area contributed by atoms with E-state index in [1.165, 1.54) is 17.7 Å². The van der Waals surface area contributed by atoms with Crippen LogP contribution in [0.3, 0.4) is 0 Å². The molecule has 0 unspecified atom stereocenters. The number of aromatic amines is 1. The number of benzene rings is 3. The van der Waals surface area contributed by atoms with Gasteiger partial charge in [0.25, 0.3) is 11.6 Å². The van der Waals surface area contributed by atoms with E-state index in [1.807, 2.05) is 55.5 Å². The predicted octanol–water partition coefficient (Wildman–Crippen LogP) is 5.03. The summed E-state index contributed by atoms with van der Waals surface area (Å²) in [5.41, 5.74) is 7.30. The number of aryl methyl sites for hydroxylation is 1. The van der Waals surface area contributed by atoms with Crippen LogP contribution in [0.5, 0.6) is 5.75 Å². The summed E-state index contributed by atoms with van der Waals surface area (Å²) in [6, 6.07) is 23.3. The standard InChI is InChI=1S/C26H23N5O4/c1-17-6-8-19(9-7-17)16-35-23-12-10-20(11-13-23)24-15-25(29-28-24)26(32)30-27-18(2)21-4-3-5-22(14-21)31(33)34/h3-15H,16H2,1-2H3,(H,28,29)(H,30,32)/b27-18+. The molecule has 0 spiro atoms. The van der Waals surface area contributed by atoms with E-state index in [9.17, 15) is 14.9 Å². The molecule has 1 amide bonds. The van der Waals surface area contributed by atoms with Gasteiger partial charge in [0.05, 0.1) is 16.3 Å². The van der Waals surface area contributed by atoms with Crippen molar-refractivity contribution < 1.29 is 14.5 Å². The molecule has 3 aromatic carbocycles. The summed E-state index contributed by atoms with van der Waals surface area (Å²) in [7, 11) is 0. The zero-order chi connectivity index (χ0) is 24.8. The number of non-ortho nitro benzene ring substituents is 1. The first-order valence-electron chi connectivity index (χ1n) is 10.8. The van der Waals surface area contributed by atoms with Gasteiger partial charge in [-0.15, -0.1) is 0 Å². The molecule has 0 aliphatic rings. The fraction of sp³-hybridized carbons (Fsp3) is 0.115. The van der Waals surface area contributed by atoms with Crippen molar-refractivity contribution >= 4 is 17.3 Å². The van der Waals surface area contributed by atoms with Gasteiger partial charge >= 0.3 is 0 Å². The highest BCUT2D eigenvalue weighted by Crippen LogP contribution is 2.22. The second-order valence-electron chi connectivity index (χ2n) is 7.91. The lowest BCUT2D eigenvalue weighted by Crippen LogP contribution is -2.19. The summed E-state index contributed by atoms with van der Waals surface area (Å²) >= 11 is 0. The van der Waals surface area contributed by atoms with Gasteiger partial charge in [-0.25, -0.2) is 5.43 Å². The number of hydrazone groups is 1. The number of H-pyrrole nitrogens is 1. The Morgan fingerprint density at radius 1 is 1.09 bits per heavy atom. The van der Waals surface area contributed by atoms with Crippen LogP contribution in [0.1, 0.15) is 34.1 Å². The molecule has 1 heterocycles. The van der Waals surface area contributed by atoms with Crippen LogP contribution in [-0.2, 0) is 6.61 Å². The van der Waals surface area contributed by atoms with Gasteiger partial charge in [-0.1, -0.05) is 42.0 Å². The maximum atomic E-state index is 12.5. The molecule has 176 valence electrons. The lowest BCUT2D eigenvalue weighted by molar-refractivity contribution is -0.384. The molecule has 4 rings (SSSR count). The fourth-order valence-electron chi connectivity index (χ4n) is 3.26. The number of nitro groups is 1. The summed E-state index contributed by atoms with van der Waals surface area (Å²) in [5, 5.41) is 21.9. The molecule has 4 aromatic rings. The topological polar surface area (TPSA) is 123 Å². The molecule has 0 fully saturated rings. The monoisotopic (exact) mass is 469 g/mol. The number of hydrogen-bond acceptors (Lipinski definition) is 6. The number of nitrogens with zero attached hydrogens (tertiary/aromatic N) is 3. The number of hydrogen-bond donors (Lipinski definition) is 2. The van der Waals surface area contributed by atoms with Crippen molar-refractivity contribution in [2.45, 2.75) is 20.5 Å². The number of nitrogens with one attached hydrogen (secondary N) is 2. The smallest absolute Gasteiger partial charge is 0.289 e. The number of amides is 1. The van der Waals surface area contributed by atoms with Crippen LogP contribution in [0.15, 0.2) is 84.0 Å². The summed E-state index contributed by atoms with van der Waals surface area (Å²) in [6.07, 6.45) is 0. The first-order valence-corrected chi connectivity index (χ1v) is 10.8. The molecule has 0 saturated carbocycles. The van der Waals surface area contributed by atoms with Crippen molar-refractivity contribution in [2.75, 3.05) is 0 Å². The van der Waals surface area contributed by atoms with E-state index in [0.29, 0.717) is 23.6 Å². The van der Waals surface area contributed by atoms with Crippen molar-refractivity contribution in [3.05, 3.63) is 111 Å². The Balaban J connectivity index is 1.37. The van der Waals surface area contributed by atoms with Gasteiger partial charge in [0.2, 0.25) is 0 Å². The molecule has 0 bridgehead atoms. The van der Waals surface area contributed by atoms with Gasteiger partial charge in [0, 0.05) is 23.3 Å². The first kappa shape index (κ1) is 23.4. The van der Waals surface area contributed by atoms with E-state index in [0.717, 1.165) is 16.9 Å². The van der Waals surface area contributed by atoms with Crippen LogP contribution in [0.2, 0.25) is 0 Å². The van der Waals surface area contributed by atoms with Crippen molar-refractivity contribution in [1.82, 2.24) is 15.6 Å². The molecule has 1 aromatic heterocycles. The van der Waals surface area contributed by atoms with Gasteiger partial charge in [-0.3, -0.25) is 20.0 Å². The SMILES string of the molecule is C/C(=N\NC(=O)c1cc(-c2ccc(OCc3ccc(C)cc3)cc2)n[nH]1)c1cccc([N+](=O)[O-])c1. The van der Waals surface area contributed by atoms with Gasteiger partial charge in [-0.05, 0) is 49.7 Å². The van der Waals surface area contributed by atoms with Gasteiger partial charge in [-0.2, -0.15) is 10.2 Å². The number of carbonyl (C=O) groups is 1. The Labute approximate surface area is 201 Å². The van der Waals surface area contributed by atoms with Crippen LogP contribution in [-0.4, -0.2) is 26.7 Å². The van der Waals surface area contributed by atoms with Gasteiger partial charge in [0.15, 0.2) is 0 Å². The minimum Gasteiger partial charge on any atom is -0.489 e. The average molecular weight is 470 g/mol. The van der Waals surface area contributed by atoms with Crippen LogP contribution in [0, 0.1) is 17.0 Å².